The zero-order valence-electron chi connectivity index (χ0n) is 10.9. The lowest BCUT2D eigenvalue weighted by atomic mass is 10.1. The number of nitrogens with one attached hydrogen (secondary N) is 1. The highest BCUT2D eigenvalue weighted by atomic mass is 79.9. The minimum Gasteiger partial charge on any atom is -0.484 e. The van der Waals surface area contributed by atoms with Crippen LogP contribution in [0.1, 0.15) is 16.1 Å². The van der Waals surface area contributed by atoms with Crippen molar-refractivity contribution in [1.29, 1.82) is 0 Å². The van der Waals surface area contributed by atoms with Gasteiger partial charge in [-0.15, -0.1) is 0 Å². The fourth-order valence-electron chi connectivity index (χ4n) is 2.42. The van der Waals surface area contributed by atoms with E-state index in [-0.39, 0.29) is 12.5 Å². The number of carbonyl (C=O) groups is 1. The number of para-hydroxylation sites is 1. The number of rotatable bonds is 3. The van der Waals surface area contributed by atoms with Gasteiger partial charge in [-0.3, -0.25) is 9.36 Å². The summed E-state index contributed by atoms with van der Waals surface area (Å²) in [6, 6.07) is 11.4. The molecule has 1 aromatic carbocycles. The number of aromatic nitrogens is 1. The molecular weight excluding hydrogens is 320 g/mol. The average Bonchev–Trinajstić information content (AvgIpc) is 2.82. The van der Waals surface area contributed by atoms with Crippen molar-refractivity contribution >= 4 is 21.8 Å². The van der Waals surface area contributed by atoms with Gasteiger partial charge in [-0.2, -0.15) is 0 Å². The maximum atomic E-state index is 12.4. The minimum absolute atomic E-state index is 0.0389. The summed E-state index contributed by atoms with van der Waals surface area (Å²) in [5.74, 6) is 0.656. The molecular formula is C15H15BrN2O2. The molecule has 0 aliphatic carbocycles. The zero-order chi connectivity index (χ0) is 13.9. The van der Waals surface area contributed by atoms with Gasteiger partial charge < -0.3 is 10.1 Å². The summed E-state index contributed by atoms with van der Waals surface area (Å²) in [5.41, 5.74) is 2.26. The number of carbonyl (C=O) groups excluding carboxylic acids is 1. The molecule has 2 heterocycles. The molecule has 0 saturated heterocycles. The molecule has 0 amide bonds. The normalized spacial score (nSPS) is 13.8. The molecule has 0 bridgehead atoms. The molecule has 1 N–H and O–H groups in total. The highest BCUT2D eigenvalue weighted by Crippen LogP contribution is 2.24. The Balaban J connectivity index is 1.76. The second-order valence-corrected chi connectivity index (χ2v) is 5.51. The number of halogens is 1. The van der Waals surface area contributed by atoms with Gasteiger partial charge in [0.1, 0.15) is 5.75 Å². The second kappa shape index (κ2) is 5.81. The Hall–Kier alpha value is -1.59. The molecule has 1 aliphatic heterocycles. The Morgan fingerprint density at radius 1 is 1.35 bits per heavy atom. The van der Waals surface area contributed by atoms with Gasteiger partial charge in [0.2, 0.25) is 0 Å². The first-order valence-electron chi connectivity index (χ1n) is 6.56. The molecule has 3 rings (SSSR count). The first-order valence-corrected chi connectivity index (χ1v) is 7.36. The van der Waals surface area contributed by atoms with E-state index >= 15 is 0 Å². The molecule has 0 saturated carbocycles. The molecule has 20 heavy (non-hydrogen) atoms. The van der Waals surface area contributed by atoms with E-state index in [0.717, 1.165) is 29.8 Å². The topological polar surface area (TPSA) is 43.3 Å². The monoisotopic (exact) mass is 334 g/mol. The van der Waals surface area contributed by atoms with E-state index in [4.69, 9.17) is 4.74 Å². The Bertz CT molecular complexity index is 622. The lowest BCUT2D eigenvalue weighted by Crippen LogP contribution is -2.28. The van der Waals surface area contributed by atoms with Crippen molar-refractivity contribution < 1.29 is 9.53 Å². The highest BCUT2D eigenvalue weighted by molar-refractivity contribution is 9.10. The van der Waals surface area contributed by atoms with Crippen molar-refractivity contribution in [1.82, 2.24) is 9.88 Å². The van der Waals surface area contributed by atoms with Gasteiger partial charge in [0.05, 0.1) is 4.60 Å². The van der Waals surface area contributed by atoms with E-state index in [1.54, 1.807) is 4.57 Å². The summed E-state index contributed by atoms with van der Waals surface area (Å²) < 4.78 is 8.05. The standard InChI is InChI=1S/C15H15BrN2O2/c16-14-8-11-9-17-7-6-13(11)18(14)15(19)10-20-12-4-2-1-3-5-12/h1-5,8,17H,6-7,9-10H2. The minimum atomic E-state index is -0.0520. The van der Waals surface area contributed by atoms with Crippen molar-refractivity contribution in [3.63, 3.8) is 0 Å². The summed E-state index contributed by atoms with van der Waals surface area (Å²) in [6.07, 6.45) is 0.859. The third-order valence-corrected chi connectivity index (χ3v) is 3.94. The highest BCUT2D eigenvalue weighted by Gasteiger charge is 2.21. The van der Waals surface area contributed by atoms with Gasteiger partial charge in [-0.25, -0.2) is 0 Å². The fourth-order valence-corrected chi connectivity index (χ4v) is 3.10. The van der Waals surface area contributed by atoms with Crippen LogP contribution in [0.3, 0.4) is 0 Å². The van der Waals surface area contributed by atoms with Gasteiger partial charge in [0.15, 0.2) is 6.61 Å². The summed E-state index contributed by atoms with van der Waals surface area (Å²) >= 11 is 3.46. The number of hydrogen-bond donors (Lipinski definition) is 1. The molecule has 4 nitrogen and oxygen atoms in total. The lowest BCUT2D eigenvalue weighted by Gasteiger charge is -2.16. The molecule has 1 aromatic heterocycles. The van der Waals surface area contributed by atoms with Gasteiger partial charge in [-0.1, -0.05) is 18.2 Å². The SMILES string of the molecule is O=C(COc1ccccc1)n1c(Br)cc2c1CCNC2. The van der Waals surface area contributed by atoms with Gasteiger partial charge in [0.25, 0.3) is 5.91 Å². The van der Waals surface area contributed by atoms with Crippen molar-refractivity contribution in [2.75, 3.05) is 13.2 Å². The number of nitrogens with zero attached hydrogens (tertiary/aromatic N) is 1. The van der Waals surface area contributed by atoms with Crippen molar-refractivity contribution in [3.8, 4) is 5.75 Å². The molecule has 0 unspecified atom stereocenters. The van der Waals surface area contributed by atoms with E-state index in [2.05, 4.69) is 21.2 Å². The van der Waals surface area contributed by atoms with Crippen LogP contribution in [-0.2, 0) is 13.0 Å². The molecule has 0 spiro atoms. The van der Waals surface area contributed by atoms with Gasteiger partial charge in [0, 0.05) is 25.2 Å². The smallest absolute Gasteiger partial charge is 0.269 e. The number of benzene rings is 1. The summed E-state index contributed by atoms with van der Waals surface area (Å²) in [4.78, 5) is 12.4. The van der Waals surface area contributed by atoms with E-state index in [1.165, 1.54) is 5.56 Å². The maximum Gasteiger partial charge on any atom is 0.269 e. The predicted octanol–water partition coefficient (Wildman–Crippen LogP) is 2.62. The van der Waals surface area contributed by atoms with Crippen LogP contribution < -0.4 is 10.1 Å². The number of fused-ring (bicyclic) bond motifs is 1. The first-order chi connectivity index (χ1) is 9.75. The Labute approximate surface area is 125 Å². The van der Waals surface area contributed by atoms with Crippen LogP contribution in [0.4, 0.5) is 0 Å². The van der Waals surface area contributed by atoms with Crippen LogP contribution in [0.25, 0.3) is 0 Å². The molecule has 2 aromatic rings. The maximum absolute atomic E-state index is 12.4. The van der Waals surface area contributed by atoms with Crippen molar-refractivity contribution in [2.24, 2.45) is 0 Å². The van der Waals surface area contributed by atoms with Gasteiger partial charge in [-0.05, 0) is 39.7 Å². The number of ether oxygens (including phenoxy) is 1. The third kappa shape index (κ3) is 2.64. The van der Waals surface area contributed by atoms with E-state index < -0.39 is 0 Å². The molecule has 0 radical (unpaired) electrons. The van der Waals surface area contributed by atoms with E-state index in [1.807, 2.05) is 36.4 Å². The Kier molecular flexibility index (Phi) is 3.89. The van der Waals surface area contributed by atoms with Crippen LogP contribution >= 0.6 is 15.9 Å². The van der Waals surface area contributed by atoms with Gasteiger partial charge >= 0.3 is 0 Å². The summed E-state index contributed by atoms with van der Waals surface area (Å²) in [5, 5.41) is 3.30. The molecule has 5 heteroatoms. The second-order valence-electron chi connectivity index (χ2n) is 4.70. The quantitative estimate of drug-likeness (QED) is 0.938. The molecule has 0 atom stereocenters. The summed E-state index contributed by atoms with van der Waals surface area (Å²) in [7, 11) is 0. The molecule has 0 fully saturated rings. The third-order valence-electron chi connectivity index (χ3n) is 3.36. The Morgan fingerprint density at radius 2 is 2.15 bits per heavy atom. The Morgan fingerprint density at radius 3 is 2.95 bits per heavy atom. The summed E-state index contributed by atoms with van der Waals surface area (Å²) in [6.45, 7) is 1.75. The lowest BCUT2D eigenvalue weighted by molar-refractivity contribution is 0.0831. The first kappa shape index (κ1) is 13.4. The van der Waals surface area contributed by atoms with Crippen LogP contribution in [0, 0.1) is 0 Å². The van der Waals surface area contributed by atoms with Crippen LogP contribution in [0.15, 0.2) is 41.0 Å². The van der Waals surface area contributed by atoms with Crippen LogP contribution in [0.5, 0.6) is 5.75 Å². The van der Waals surface area contributed by atoms with E-state index in [0.29, 0.717) is 5.75 Å². The largest absolute Gasteiger partial charge is 0.484 e. The average molecular weight is 335 g/mol. The van der Waals surface area contributed by atoms with Crippen molar-refractivity contribution in [2.45, 2.75) is 13.0 Å². The molecule has 1 aliphatic rings. The van der Waals surface area contributed by atoms with Crippen molar-refractivity contribution in [3.05, 3.63) is 52.3 Å². The van der Waals surface area contributed by atoms with E-state index in [9.17, 15) is 4.79 Å². The molecule has 104 valence electrons. The zero-order valence-corrected chi connectivity index (χ0v) is 12.5. The predicted molar refractivity (Wildman–Crippen MR) is 80.1 cm³/mol. The number of hydrogen-bond acceptors (Lipinski definition) is 3. The fraction of sp³-hybridized carbons (Fsp3) is 0.267. The van der Waals surface area contributed by atoms with Crippen LogP contribution in [0.2, 0.25) is 0 Å². The van der Waals surface area contributed by atoms with Crippen LogP contribution in [-0.4, -0.2) is 23.6 Å².